The van der Waals surface area contributed by atoms with Gasteiger partial charge in [0.15, 0.2) is 0 Å². The molecule has 5 nitrogen and oxygen atoms in total. The number of nitrogens with zero attached hydrogens (tertiary/aromatic N) is 1. The van der Waals surface area contributed by atoms with Gasteiger partial charge in [0.1, 0.15) is 5.82 Å². The minimum absolute atomic E-state index is 0.0326. The molecule has 0 saturated heterocycles. The number of anilines is 1. The molecule has 16 heavy (non-hydrogen) atoms. The van der Waals surface area contributed by atoms with E-state index in [4.69, 9.17) is 4.74 Å². The normalized spacial score (nSPS) is 11.9. The highest BCUT2D eigenvalue weighted by Gasteiger charge is 2.07. The van der Waals surface area contributed by atoms with Gasteiger partial charge < -0.3 is 10.1 Å². The summed E-state index contributed by atoms with van der Waals surface area (Å²) in [6, 6.07) is 5.15. The first-order chi connectivity index (χ1) is 7.61. The number of nitrogens with one attached hydrogen (secondary N) is 2. The molecule has 5 heteroatoms. The van der Waals surface area contributed by atoms with E-state index in [0.717, 1.165) is 5.69 Å². The number of hydrogen-bond donors (Lipinski definition) is 2. The van der Waals surface area contributed by atoms with Crippen LogP contribution in [0, 0.1) is 6.92 Å². The Bertz CT molecular complexity index is 355. The molecular formula is C11H17N3O2. The first-order valence-electron chi connectivity index (χ1n) is 5.12. The second kappa shape index (κ2) is 6.07. The van der Waals surface area contributed by atoms with Crippen LogP contribution >= 0.6 is 0 Å². The number of hydrogen-bond acceptors (Lipinski definition) is 3. The van der Waals surface area contributed by atoms with Crippen molar-refractivity contribution < 1.29 is 9.53 Å². The molecule has 0 spiro atoms. The highest BCUT2D eigenvalue weighted by atomic mass is 16.5. The van der Waals surface area contributed by atoms with Crippen molar-refractivity contribution in [3.8, 4) is 0 Å². The van der Waals surface area contributed by atoms with Gasteiger partial charge in [0.25, 0.3) is 0 Å². The van der Waals surface area contributed by atoms with Crippen molar-refractivity contribution in [1.82, 2.24) is 10.3 Å². The lowest BCUT2D eigenvalue weighted by Crippen LogP contribution is -2.38. The van der Waals surface area contributed by atoms with E-state index < -0.39 is 0 Å². The van der Waals surface area contributed by atoms with Gasteiger partial charge >= 0.3 is 6.03 Å². The summed E-state index contributed by atoms with van der Waals surface area (Å²) >= 11 is 0. The molecule has 1 aromatic rings. The van der Waals surface area contributed by atoms with Gasteiger partial charge in [-0.3, -0.25) is 5.32 Å². The van der Waals surface area contributed by atoms with E-state index in [-0.39, 0.29) is 12.1 Å². The molecule has 1 unspecified atom stereocenters. The zero-order chi connectivity index (χ0) is 12.0. The first kappa shape index (κ1) is 12.4. The molecular weight excluding hydrogens is 206 g/mol. The van der Waals surface area contributed by atoms with Gasteiger partial charge in [-0.2, -0.15) is 0 Å². The Morgan fingerprint density at radius 1 is 1.56 bits per heavy atom. The van der Waals surface area contributed by atoms with Crippen LogP contribution in [0.1, 0.15) is 12.6 Å². The average Bonchev–Trinajstić information content (AvgIpc) is 2.17. The summed E-state index contributed by atoms with van der Waals surface area (Å²) in [6.45, 7) is 4.22. The summed E-state index contributed by atoms with van der Waals surface area (Å²) in [4.78, 5) is 15.7. The lowest BCUT2D eigenvalue weighted by molar-refractivity contribution is 0.173. The predicted octanol–water partition coefficient (Wildman–Crippen LogP) is 1.55. The molecule has 0 radical (unpaired) electrons. The molecule has 0 aliphatic heterocycles. The maximum absolute atomic E-state index is 11.5. The molecule has 1 heterocycles. The van der Waals surface area contributed by atoms with Crippen molar-refractivity contribution in [1.29, 1.82) is 0 Å². The highest BCUT2D eigenvalue weighted by Crippen LogP contribution is 2.03. The molecule has 0 aromatic carbocycles. The van der Waals surface area contributed by atoms with Gasteiger partial charge in [-0.15, -0.1) is 0 Å². The third kappa shape index (κ3) is 4.27. The number of aryl methyl sites for hydroxylation is 1. The Morgan fingerprint density at radius 2 is 2.31 bits per heavy atom. The average molecular weight is 223 g/mol. The molecule has 2 N–H and O–H groups in total. The third-order valence-corrected chi connectivity index (χ3v) is 1.92. The monoisotopic (exact) mass is 223 g/mol. The Kier molecular flexibility index (Phi) is 4.72. The van der Waals surface area contributed by atoms with Crippen LogP contribution in [0.15, 0.2) is 18.2 Å². The van der Waals surface area contributed by atoms with Crippen molar-refractivity contribution in [2.45, 2.75) is 19.9 Å². The van der Waals surface area contributed by atoms with E-state index in [1.165, 1.54) is 0 Å². The molecule has 88 valence electrons. The number of amides is 2. The molecule has 2 amide bonds. The number of rotatable bonds is 4. The highest BCUT2D eigenvalue weighted by molar-refractivity contribution is 5.88. The van der Waals surface area contributed by atoms with E-state index in [1.807, 2.05) is 26.0 Å². The van der Waals surface area contributed by atoms with Crippen LogP contribution in [0.4, 0.5) is 10.6 Å². The zero-order valence-electron chi connectivity index (χ0n) is 9.78. The standard InChI is InChI=1S/C11H17N3O2/c1-8-5-4-6-10(12-8)14-11(15)13-9(2)7-16-3/h4-6,9H,7H2,1-3H3,(H2,12,13,14,15). The number of carbonyl (C=O) groups is 1. The predicted molar refractivity (Wildman–Crippen MR) is 62.5 cm³/mol. The zero-order valence-corrected chi connectivity index (χ0v) is 9.78. The maximum Gasteiger partial charge on any atom is 0.320 e. The fourth-order valence-electron chi connectivity index (χ4n) is 1.28. The quantitative estimate of drug-likeness (QED) is 0.814. The summed E-state index contributed by atoms with van der Waals surface area (Å²) in [5.41, 5.74) is 0.864. The van der Waals surface area contributed by atoms with Crippen LogP contribution in [0.5, 0.6) is 0 Å². The van der Waals surface area contributed by atoms with Crippen molar-refractivity contribution in [3.63, 3.8) is 0 Å². The van der Waals surface area contributed by atoms with Crippen LogP contribution in [-0.4, -0.2) is 30.8 Å². The lowest BCUT2D eigenvalue weighted by atomic mass is 10.3. The summed E-state index contributed by atoms with van der Waals surface area (Å²) in [6.07, 6.45) is 0. The molecule has 0 aliphatic carbocycles. The van der Waals surface area contributed by atoms with Crippen LogP contribution in [-0.2, 0) is 4.74 Å². The number of aromatic nitrogens is 1. The SMILES string of the molecule is COCC(C)NC(=O)Nc1cccc(C)n1. The van der Waals surface area contributed by atoms with E-state index in [2.05, 4.69) is 15.6 Å². The summed E-state index contributed by atoms with van der Waals surface area (Å²) < 4.78 is 4.92. The smallest absolute Gasteiger partial charge is 0.320 e. The number of urea groups is 1. The minimum atomic E-state index is -0.275. The van der Waals surface area contributed by atoms with Crippen molar-refractivity contribution >= 4 is 11.8 Å². The molecule has 1 aromatic heterocycles. The van der Waals surface area contributed by atoms with Gasteiger partial charge in [-0.05, 0) is 26.0 Å². The number of carbonyl (C=O) groups excluding carboxylic acids is 1. The Labute approximate surface area is 95.2 Å². The van der Waals surface area contributed by atoms with Gasteiger partial charge in [0.05, 0.1) is 12.6 Å². The number of ether oxygens (including phenoxy) is 1. The summed E-state index contributed by atoms with van der Waals surface area (Å²) in [7, 11) is 1.60. The molecule has 0 fully saturated rings. The van der Waals surface area contributed by atoms with Crippen LogP contribution in [0.25, 0.3) is 0 Å². The minimum Gasteiger partial charge on any atom is -0.383 e. The lowest BCUT2D eigenvalue weighted by Gasteiger charge is -2.13. The summed E-state index contributed by atoms with van der Waals surface area (Å²) in [5.74, 6) is 0.544. The Balaban J connectivity index is 2.45. The molecule has 0 saturated carbocycles. The van der Waals surface area contributed by atoms with Crippen LogP contribution in [0.2, 0.25) is 0 Å². The molecule has 1 atom stereocenters. The van der Waals surface area contributed by atoms with Crippen LogP contribution < -0.4 is 10.6 Å². The molecule has 0 aliphatic rings. The fourth-order valence-corrected chi connectivity index (χ4v) is 1.28. The largest absolute Gasteiger partial charge is 0.383 e. The fraction of sp³-hybridized carbons (Fsp3) is 0.455. The molecule has 1 rings (SSSR count). The third-order valence-electron chi connectivity index (χ3n) is 1.92. The number of methoxy groups -OCH3 is 1. The Hall–Kier alpha value is -1.62. The van der Waals surface area contributed by atoms with Crippen molar-refractivity contribution in [2.75, 3.05) is 19.0 Å². The second-order valence-corrected chi connectivity index (χ2v) is 3.62. The van der Waals surface area contributed by atoms with E-state index in [1.54, 1.807) is 13.2 Å². The van der Waals surface area contributed by atoms with Gasteiger partial charge in [-0.1, -0.05) is 6.07 Å². The van der Waals surface area contributed by atoms with Crippen molar-refractivity contribution in [2.24, 2.45) is 0 Å². The van der Waals surface area contributed by atoms with Gasteiger partial charge in [0.2, 0.25) is 0 Å². The van der Waals surface area contributed by atoms with E-state index in [0.29, 0.717) is 12.4 Å². The first-order valence-corrected chi connectivity index (χ1v) is 5.12. The van der Waals surface area contributed by atoms with E-state index >= 15 is 0 Å². The second-order valence-electron chi connectivity index (χ2n) is 3.62. The van der Waals surface area contributed by atoms with Crippen molar-refractivity contribution in [3.05, 3.63) is 23.9 Å². The van der Waals surface area contributed by atoms with Gasteiger partial charge in [0, 0.05) is 12.8 Å². The van der Waals surface area contributed by atoms with Crippen LogP contribution in [0.3, 0.4) is 0 Å². The Morgan fingerprint density at radius 3 is 2.94 bits per heavy atom. The maximum atomic E-state index is 11.5. The molecule has 0 bridgehead atoms. The number of pyridine rings is 1. The van der Waals surface area contributed by atoms with Gasteiger partial charge in [-0.25, -0.2) is 9.78 Å². The topological polar surface area (TPSA) is 63.2 Å². The summed E-state index contributed by atoms with van der Waals surface area (Å²) in [5, 5.41) is 5.39. The van der Waals surface area contributed by atoms with E-state index in [9.17, 15) is 4.79 Å².